The van der Waals surface area contributed by atoms with Gasteiger partial charge in [-0.05, 0) is 30.9 Å². The quantitative estimate of drug-likeness (QED) is 0.436. The van der Waals surface area contributed by atoms with E-state index >= 15 is 0 Å². The number of fused-ring (bicyclic) bond motifs is 3. The van der Waals surface area contributed by atoms with Crippen LogP contribution in [0.1, 0.15) is 36.6 Å². The Bertz CT molecular complexity index is 1320. The van der Waals surface area contributed by atoms with Crippen molar-refractivity contribution in [1.82, 2.24) is 15.6 Å². The van der Waals surface area contributed by atoms with Gasteiger partial charge in [-0.15, -0.1) is 0 Å². The number of hydrogen-bond donors (Lipinski definition) is 3. The molecule has 1 aromatic heterocycles. The first-order valence-electron chi connectivity index (χ1n) is 11.8. The number of hydrogen-bond acceptors (Lipinski definition) is 6. The first-order chi connectivity index (χ1) is 17.4. The zero-order valence-electron chi connectivity index (χ0n) is 20.3. The summed E-state index contributed by atoms with van der Waals surface area (Å²) in [6.45, 7) is 0. The number of benzene rings is 2. The van der Waals surface area contributed by atoms with E-state index < -0.39 is 18.0 Å². The van der Waals surface area contributed by atoms with Crippen molar-refractivity contribution in [2.45, 2.75) is 37.8 Å². The molecule has 0 radical (unpaired) electrons. The van der Waals surface area contributed by atoms with Crippen LogP contribution in [0.15, 0.2) is 36.4 Å². The maximum Gasteiger partial charge on any atom is 0.329 e. The minimum atomic E-state index is -0.984. The van der Waals surface area contributed by atoms with Gasteiger partial charge >= 0.3 is 6.03 Å². The lowest BCUT2D eigenvalue weighted by molar-refractivity contribution is -0.126. The van der Waals surface area contributed by atoms with Crippen LogP contribution in [0.5, 0.6) is 17.2 Å². The van der Waals surface area contributed by atoms with E-state index in [4.69, 9.17) is 14.2 Å². The smallest absolute Gasteiger partial charge is 0.329 e. The topological polar surface area (TPSA) is 122 Å². The van der Waals surface area contributed by atoms with E-state index in [0.717, 1.165) is 35.4 Å². The number of urea groups is 1. The van der Waals surface area contributed by atoms with Gasteiger partial charge in [-0.2, -0.15) is 0 Å². The second kappa shape index (κ2) is 9.44. The molecule has 3 N–H and O–H groups in total. The number of aryl methyl sites for hydroxylation is 1. The van der Waals surface area contributed by atoms with Gasteiger partial charge in [0.1, 0.15) is 6.04 Å². The average Bonchev–Trinajstić information content (AvgIpc) is 3.40. The molecule has 0 saturated carbocycles. The molecule has 4 amide bonds. The van der Waals surface area contributed by atoms with Crippen LogP contribution in [0.25, 0.3) is 10.9 Å². The predicted octanol–water partition coefficient (Wildman–Crippen LogP) is 3.20. The minimum Gasteiger partial charge on any atom is -0.493 e. The standard InChI is InChI=1S/C26H28N4O6/c1-34-20-11-14(12-21(35-2)24(20)36-3)30-25(32)19(29-26(30)33)13-22(31)27-18-10-6-8-16-15-7-4-5-9-17(15)28-23(16)18/h4-5,7,9,11-12,18-19,28H,6,8,10,13H2,1-3H3,(H,27,31)(H,29,33)/t18-,19+/m1/s1. The van der Waals surface area contributed by atoms with Gasteiger partial charge in [0.15, 0.2) is 11.5 Å². The summed E-state index contributed by atoms with van der Waals surface area (Å²) in [5, 5.41) is 6.85. The van der Waals surface area contributed by atoms with Crippen LogP contribution in [0.4, 0.5) is 10.5 Å². The van der Waals surface area contributed by atoms with Crippen LogP contribution in [0.2, 0.25) is 0 Å². The number of aromatic amines is 1. The Balaban J connectivity index is 1.32. The molecule has 2 heterocycles. The molecule has 3 aromatic rings. The van der Waals surface area contributed by atoms with Gasteiger partial charge in [0.05, 0.1) is 39.5 Å². The van der Waals surface area contributed by atoms with E-state index in [1.54, 1.807) is 0 Å². The Morgan fingerprint density at radius 3 is 2.50 bits per heavy atom. The molecule has 2 aliphatic rings. The normalized spacial score (nSPS) is 19.1. The van der Waals surface area contributed by atoms with Crippen molar-refractivity contribution in [3.63, 3.8) is 0 Å². The molecule has 1 saturated heterocycles. The van der Waals surface area contributed by atoms with E-state index in [2.05, 4.69) is 21.7 Å². The third kappa shape index (κ3) is 3.98. The number of nitrogens with one attached hydrogen (secondary N) is 3. The zero-order chi connectivity index (χ0) is 25.4. The molecule has 1 fully saturated rings. The number of imide groups is 1. The molecule has 0 spiro atoms. The first-order valence-corrected chi connectivity index (χ1v) is 11.8. The van der Waals surface area contributed by atoms with Crippen LogP contribution in [-0.4, -0.2) is 50.2 Å². The average molecular weight is 493 g/mol. The molecule has 0 unspecified atom stereocenters. The van der Waals surface area contributed by atoms with E-state index in [1.807, 2.05) is 18.2 Å². The van der Waals surface area contributed by atoms with Crippen LogP contribution in [0, 0.1) is 0 Å². The largest absolute Gasteiger partial charge is 0.493 e. The maximum absolute atomic E-state index is 13.2. The van der Waals surface area contributed by atoms with Gasteiger partial charge in [0, 0.05) is 28.7 Å². The van der Waals surface area contributed by atoms with Crippen molar-refractivity contribution in [3.05, 3.63) is 47.7 Å². The molecular weight excluding hydrogens is 464 g/mol. The third-order valence-electron chi connectivity index (χ3n) is 6.77. The molecule has 5 rings (SSSR count). The lowest BCUT2D eigenvalue weighted by Crippen LogP contribution is -2.38. The Hall–Kier alpha value is -4.21. The second-order valence-electron chi connectivity index (χ2n) is 8.84. The fourth-order valence-electron chi connectivity index (χ4n) is 5.11. The minimum absolute atomic E-state index is 0.169. The van der Waals surface area contributed by atoms with E-state index in [0.29, 0.717) is 17.2 Å². The Labute approximate surface area is 207 Å². The lowest BCUT2D eigenvalue weighted by atomic mass is 9.91. The van der Waals surface area contributed by atoms with Crippen molar-refractivity contribution in [2.24, 2.45) is 0 Å². The summed E-state index contributed by atoms with van der Waals surface area (Å²) >= 11 is 0. The Morgan fingerprint density at radius 1 is 1.08 bits per heavy atom. The number of aromatic nitrogens is 1. The molecular formula is C26H28N4O6. The highest BCUT2D eigenvalue weighted by molar-refractivity contribution is 6.22. The van der Waals surface area contributed by atoms with Crippen molar-refractivity contribution in [1.29, 1.82) is 0 Å². The number of H-pyrrole nitrogens is 1. The fourth-order valence-corrected chi connectivity index (χ4v) is 5.11. The number of para-hydroxylation sites is 1. The fraction of sp³-hybridized carbons (Fsp3) is 0.346. The summed E-state index contributed by atoms with van der Waals surface area (Å²) in [4.78, 5) is 43.3. The predicted molar refractivity (Wildman–Crippen MR) is 133 cm³/mol. The van der Waals surface area contributed by atoms with Crippen molar-refractivity contribution < 1.29 is 28.6 Å². The number of carbonyl (C=O) groups excluding carboxylic acids is 3. The van der Waals surface area contributed by atoms with Crippen molar-refractivity contribution in [2.75, 3.05) is 26.2 Å². The summed E-state index contributed by atoms with van der Waals surface area (Å²) in [5.41, 5.74) is 3.53. The van der Waals surface area contributed by atoms with Gasteiger partial charge < -0.3 is 29.8 Å². The molecule has 2 atom stereocenters. The molecule has 1 aliphatic heterocycles. The summed E-state index contributed by atoms with van der Waals surface area (Å²) < 4.78 is 16.0. The van der Waals surface area contributed by atoms with Crippen molar-refractivity contribution >= 4 is 34.4 Å². The first kappa shape index (κ1) is 23.5. The number of nitrogens with zero attached hydrogens (tertiary/aromatic N) is 1. The van der Waals surface area contributed by atoms with Crippen molar-refractivity contribution in [3.8, 4) is 17.2 Å². The number of methoxy groups -OCH3 is 3. The summed E-state index contributed by atoms with van der Waals surface area (Å²) in [5.74, 6) is 0.118. The lowest BCUT2D eigenvalue weighted by Gasteiger charge is -2.24. The van der Waals surface area contributed by atoms with Crippen LogP contribution < -0.4 is 29.7 Å². The number of anilines is 1. The maximum atomic E-state index is 13.2. The monoisotopic (exact) mass is 492 g/mol. The molecule has 188 valence electrons. The molecule has 10 nitrogen and oxygen atoms in total. The highest BCUT2D eigenvalue weighted by Gasteiger charge is 2.41. The highest BCUT2D eigenvalue weighted by atomic mass is 16.5. The van der Waals surface area contributed by atoms with Gasteiger partial charge in [-0.3, -0.25) is 9.59 Å². The van der Waals surface area contributed by atoms with E-state index in [1.165, 1.54) is 44.4 Å². The molecule has 0 bridgehead atoms. The number of carbonyl (C=O) groups is 3. The van der Waals surface area contributed by atoms with Gasteiger partial charge in [0.25, 0.3) is 5.91 Å². The number of amides is 4. The van der Waals surface area contributed by atoms with Gasteiger partial charge in [-0.25, -0.2) is 9.69 Å². The highest BCUT2D eigenvalue weighted by Crippen LogP contribution is 2.42. The van der Waals surface area contributed by atoms with Gasteiger partial charge in [-0.1, -0.05) is 18.2 Å². The summed E-state index contributed by atoms with van der Waals surface area (Å²) in [6.07, 6.45) is 2.53. The van der Waals surface area contributed by atoms with Crippen LogP contribution >= 0.6 is 0 Å². The summed E-state index contributed by atoms with van der Waals surface area (Å²) in [7, 11) is 4.36. The molecule has 2 aromatic carbocycles. The third-order valence-corrected chi connectivity index (χ3v) is 6.77. The molecule has 10 heteroatoms. The number of ether oxygens (including phenoxy) is 3. The zero-order valence-corrected chi connectivity index (χ0v) is 20.3. The Morgan fingerprint density at radius 2 is 1.81 bits per heavy atom. The van der Waals surface area contributed by atoms with E-state index in [-0.39, 0.29) is 24.1 Å². The summed E-state index contributed by atoms with van der Waals surface area (Å²) in [6, 6.07) is 9.34. The van der Waals surface area contributed by atoms with Crippen LogP contribution in [0.3, 0.4) is 0 Å². The SMILES string of the molecule is COc1cc(N2C(=O)N[C@@H](CC(=O)N[C@@H]3CCCc4c3[nH]c3ccccc43)C2=O)cc(OC)c1OC. The number of rotatable bonds is 7. The second-order valence-corrected chi connectivity index (χ2v) is 8.84. The van der Waals surface area contributed by atoms with E-state index in [9.17, 15) is 14.4 Å². The Kier molecular flexibility index (Phi) is 6.17. The van der Waals surface area contributed by atoms with Gasteiger partial charge in [0.2, 0.25) is 11.7 Å². The molecule has 36 heavy (non-hydrogen) atoms. The molecule has 1 aliphatic carbocycles. The van der Waals surface area contributed by atoms with Crippen LogP contribution in [-0.2, 0) is 16.0 Å².